The van der Waals surface area contributed by atoms with Crippen LogP contribution >= 0.6 is 0 Å². The first-order chi connectivity index (χ1) is 6.84. The van der Waals surface area contributed by atoms with Crippen LogP contribution in [0, 0.1) is 0 Å². The van der Waals surface area contributed by atoms with Gasteiger partial charge in [0, 0.05) is 18.0 Å². The Morgan fingerprint density at radius 2 is 1.80 bits per heavy atom. The summed E-state index contributed by atoms with van der Waals surface area (Å²) < 4.78 is 0. The van der Waals surface area contributed by atoms with Gasteiger partial charge in [-0.1, -0.05) is 20.3 Å². The Hall–Kier alpha value is -0.530. The smallest absolute Gasteiger partial charge is 0.223 e. The van der Waals surface area contributed by atoms with Gasteiger partial charge in [-0.3, -0.25) is 4.79 Å². The summed E-state index contributed by atoms with van der Waals surface area (Å²) in [5.41, 5.74) is -0.0553. The van der Waals surface area contributed by atoms with Gasteiger partial charge in [-0.15, -0.1) is 0 Å². The molecule has 2 nitrogen and oxygen atoms in total. The monoisotopic (exact) mass is 213 g/mol. The van der Waals surface area contributed by atoms with E-state index in [1.165, 1.54) is 0 Å². The molecule has 0 saturated carbocycles. The van der Waals surface area contributed by atoms with Crippen LogP contribution in [0.15, 0.2) is 0 Å². The SMILES string of the molecule is CCCCC(=O)N(C(C)CC)C(C)(C)C. The summed E-state index contributed by atoms with van der Waals surface area (Å²) in [5, 5.41) is 0. The van der Waals surface area contributed by atoms with Gasteiger partial charge in [-0.05, 0) is 40.5 Å². The molecule has 1 atom stereocenters. The molecular weight excluding hydrogens is 186 g/mol. The van der Waals surface area contributed by atoms with Crippen LogP contribution in [0.1, 0.15) is 67.2 Å². The molecule has 0 saturated heterocycles. The summed E-state index contributed by atoms with van der Waals surface area (Å²) in [7, 11) is 0. The molecule has 0 aliphatic heterocycles. The predicted octanol–water partition coefficient (Wildman–Crippen LogP) is 3.60. The molecular formula is C13H27NO. The molecule has 0 fully saturated rings. The predicted molar refractivity (Wildman–Crippen MR) is 65.9 cm³/mol. The normalized spacial score (nSPS) is 13.7. The van der Waals surface area contributed by atoms with Crippen molar-refractivity contribution < 1.29 is 4.79 Å². The topological polar surface area (TPSA) is 20.3 Å². The van der Waals surface area contributed by atoms with E-state index in [0.29, 0.717) is 18.4 Å². The maximum Gasteiger partial charge on any atom is 0.223 e. The molecule has 90 valence electrons. The molecule has 15 heavy (non-hydrogen) atoms. The minimum absolute atomic E-state index is 0.0553. The standard InChI is InChI=1S/C13H27NO/c1-7-9-10-12(15)14(11(3)8-2)13(4,5)6/h11H,7-10H2,1-6H3. The van der Waals surface area contributed by atoms with Crippen molar-refractivity contribution >= 4 is 5.91 Å². The van der Waals surface area contributed by atoms with E-state index in [-0.39, 0.29) is 5.54 Å². The van der Waals surface area contributed by atoms with Crippen molar-refractivity contribution in [2.45, 2.75) is 78.8 Å². The van der Waals surface area contributed by atoms with E-state index in [0.717, 1.165) is 19.3 Å². The number of unbranched alkanes of at least 4 members (excludes halogenated alkanes) is 1. The van der Waals surface area contributed by atoms with Crippen LogP contribution in [-0.2, 0) is 4.79 Å². The number of nitrogens with zero attached hydrogens (tertiary/aromatic N) is 1. The van der Waals surface area contributed by atoms with Crippen molar-refractivity contribution in [2.24, 2.45) is 0 Å². The van der Waals surface area contributed by atoms with Crippen LogP contribution in [0.25, 0.3) is 0 Å². The number of hydrogen-bond acceptors (Lipinski definition) is 1. The van der Waals surface area contributed by atoms with E-state index in [4.69, 9.17) is 0 Å². The van der Waals surface area contributed by atoms with Crippen molar-refractivity contribution in [3.8, 4) is 0 Å². The highest BCUT2D eigenvalue weighted by Gasteiger charge is 2.29. The number of carbonyl (C=O) groups is 1. The van der Waals surface area contributed by atoms with Crippen LogP contribution < -0.4 is 0 Å². The molecule has 0 rings (SSSR count). The second-order valence-corrected chi connectivity index (χ2v) is 5.30. The fourth-order valence-electron chi connectivity index (χ4n) is 1.91. The maximum atomic E-state index is 12.1. The molecule has 1 amide bonds. The maximum absolute atomic E-state index is 12.1. The van der Waals surface area contributed by atoms with Gasteiger partial charge in [0.25, 0.3) is 0 Å². The van der Waals surface area contributed by atoms with Crippen LogP contribution in [0.4, 0.5) is 0 Å². The molecule has 0 radical (unpaired) electrons. The minimum atomic E-state index is -0.0553. The molecule has 2 heteroatoms. The minimum Gasteiger partial charge on any atom is -0.335 e. The first-order valence-corrected chi connectivity index (χ1v) is 6.16. The fourth-order valence-corrected chi connectivity index (χ4v) is 1.91. The summed E-state index contributed by atoms with van der Waals surface area (Å²) >= 11 is 0. The molecule has 0 bridgehead atoms. The summed E-state index contributed by atoms with van der Waals surface area (Å²) in [6.07, 6.45) is 3.80. The summed E-state index contributed by atoms with van der Waals surface area (Å²) in [6, 6.07) is 0.342. The van der Waals surface area contributed by atoms with Gasteiger partial charge in [-0.25, -0.2) is 0 Å². The third-order valence-corrected chi connectivity index (χ3v) is 2.77. The van der Waals surface area contributed by atoms with Crippen LogP contribution in [0.3, 0.4) is 0 Å². The van der Waals surface area contributed by atoms with Crippen molar-refractivity contribution in [2.75, 3.05) is 0 Å². The second-order valence-electron chi connectivity index (χ2n) is 5.30. The van der Waals surface area contributed by atoms with Crippen molar-refractivity contribution in [3.63, 3.8) is 0 Å². The Kier molecular flexibility index (Phi) is 5.92. The average Bonchev–Trinajstić information content (AvgIpc) is 2.12. The van der Waals surface area contributed by atoms with E-state index in [1.807, 2.05) is 4.90 Å². The third kappa shape index (κ3) is 4.67. The van der Waals surface area contributed by atoms with Crippen molar-refractivity contribution in [1.82, 2.24) is 4.90 Å². The number of carbonyl (C=O) groups excluding carboxylic acids is 1. The summed E-state index contributed by atoms with van der Waals surface area (Å²) in [4.78, 5) is 14.1. The van der Waals surface area contributed by atoms with Crippen molar-refractivity contribution in [3.05, 3.63) is 0 Å². The van der Waals surface area contributed by atoms with Crippen molar-refractivity contribution in [1.29, 1.82) is 0 Å². The zero-order valence-electron chi connectivity index (χ0n) is 11.3. The largest absolute Gasteiger partial charge is 0.335 e. The quantitative estimate of drug-likeness (QED) is 0.683. The fraction of sp³-hybridized carbons (Fsp3) is 0.923. The summed E-state index contributed by atoms with van der Waals surface area (Å²) in [6.45, 7) is 12.7. The van der Waals surface area contributed by atoms with Gasteiger partial charge in [0.05, 0.1) is 0 Å². The highest BCUT2D eigenvalue weighted by molar-refractivity contribution is 5.77. The zero-order chi connectivity index (χ0) is 12.1. The first kappa shape index (κ1) is 14.5. The molecule has 0 aromatic rings. The lowest BCUT2D eigenvalue weighted by Crippen LogP contribution is -2.50. The highest BCUT2D eigenvalue weighted by atomic mass is 16.2. The van der Waals surface area contributed by atoms with E-state index in [9.17, 15) is 4.79 Å². The van der Waals surface area contributed by atoms with Gasteiger partial charge in [0.15, 0.2) is 0 Å². The van der Waals surface area contributed by atoms with E-state index in [1.54, 1.807) is 0 Å². The first-order valence-electron chi connectivity index (χ1n) is 6.16. The van der Waals surface area contributed by atoms with E-state index in [2.05, 4.69) is 41.5 Å². The molecule has 1 unspecified atom stereocenters. The van der Waals surface area contributed by atoms with Gasteiger partial charge >= 0.3 is 0 Å². The summed E-state index contributed by atoms with van der Waals surface area (Å²) in [5.74, 6) is 0.304. The van der Waals surface area contributed by atoms with Gasteiger partial charge in [0.1, 0.15) is 0 Å². The van der Waals surface area contributed by atoms with Crippen LogP contribution in [-0.4, -0.2) is 22.4 Å². The van der Waals surface area contributed by atoms with Gasteiger partial charge < -0.3 is 4.90 Å². The lowest BCUT2D eigenvalue weighted by Gasteiger charge is -2.40. The molecule has 0 heterocycles. The molecule has 0 N–H and O–H groups in total. The second kappa shape index (κ2) is 6.14. The average molecular weight is 213 g/mol. The van der Waals surface area contributed by atoms with Gasteiger partial charge in [0.2, 0.25) is 5.91 Å². The van der Waals surface area contributed by atoms with Crippen LogP contribution in [0.2, 0.25) is 0 Å². The Morgan fingerprint density at radius 3 is 2.13 bits per heavy atom. The third-order valence-electron chi connectivity index (χ3n) is 2.77. The van der Waals surface area contributed by atoms with Gasteiger partial charge in [-0.2, -0.15) is 0 Å². The van der Waals surface area contributed by atoms with E-state index >= 15 is 0 Å². The number of rotatable bonds is 5. The Balaban J connectivity index is 4.56. The Morgan fingerprint density at radius 1 is 1.27 bits per heavy atom. The lowest BCUT2D eigenvalue weighted by molar-refractivity contribution is -0.139. The Labute approximate surface area is 95.0 Å². The number of amides is 1. The van der Waals surface area contributed by atoms with E-state index < -0.39 is 0 Å². The molecule has 0 aromatic heterocycles. The van der Waals surface area contributed by atoms with Crippen LogP contribution in [0.5, 0.6) is 0 Å². The highest BCUT2D eigenvalue weighted by Crippen LogP contribution is 2.20. The lowest BCUT2D eigenvalue weighted by atomic mass is 10.0. The zero-order valence-corrected chi connectivity index (χ0v) is 11.3. The molecule has 0 spiro atoms. The molecule has 0 aliphatic carbocycles. The molecule has 0 aliphatic rings. The Bertz CT molecular complexity index is 193. The number of hydrogen-bond donors (Lipinski definition) is 0. The molecule has 0 aromatic carbocycles.